The lowest BCUT2D eigenvalue weighted by Crippen LogP contribution is -2.02. The van der Waals surface area contributed by atoms with Crippen LogP contribution in [0.15, 0.2) is 59.6 Å². The van der Waals surface area contributed by atoms with Crippen molar-refractivity contribution in [1.82, 2.24) is 0 Å². The number of nitrogens with zero attached hydrogens (tertiary/aromatic N) is 1. The van der Waals surface area contributed by atoms with Crippen molar-refractivity contribution in [2.45, 2.75) is 27.4 Å². The molecule has 3 aromatic rings. The van der Waals surface area contributed by atoms with Crippen LogP contribution in [-0.2, 0) is 6.61 Å². The Morgan fingerprint density at radius 3 is 2.59 bits per heavy atom. The second kappa shape index (κ2) is 9.57. The summed E-state index contributed by atoms with van der Waals surface area (Å²) in [6, 6.07) is 16.1. The Morgan fingerprint density at radius 2 is 1.83 bits per heavy atom. The molecule has 3 rings (SSSR count). The van der Waals surface area contributed by atoms with Crippen LogP contribution in [-0.4, -0.2) is 12.8 Å². The Balaban J connectivity index is 1.87. The van der Waals surface area contributed by atoms with Crippen LogP contribution in [0.1, 0.15) is 29.2 Å². The molecule has 0 aliphatic heterocycles. The van der Waals surface area contributed by atoms with Gasteiger partial charge in [0, 0.05) is 11.8 Å². The smallest absolute Gasteiger partial charge is 0.180 e. The Morgan fingerprint density at radius 1 is 1.03 bits per heavy atom. The molecule has 150 valence electrons. The first-order valence-electron chi connectivity index (χ1n) is 9.42. The van der Waals surface area contributed by atoms with Gasteiger partial charge in [0.1, 0.15) is 12.4 Å². The third-order valence-corrected chi connectivity index (χ3v) is 4.87. The molecule has 3 nitrogen and oxygen atoms in total. The molecule has 29 heavy (non-hydrogen) atoms. The molecule has 0 aliphatic carbocycles. The predicted molar refractivity (Wildman–Crippen MR) is 117 cm³/mol. The molecule has 0 aliphatic rings. The maximum absolute atomic E-state index is 13.9. The molecule has 0 unspecified atom stereocenters. The first-order valence-corrected chi connectivity index (χ1v) is 9.80. The van der Waals surface area contributed by atoms with E-state index in [0.717, 1.165) is 16.8 Å². The predicted octanol–water partition coefficient (Wildman–Crippen LogP) is 6.82. The minimum absolute atomic E-state index is 0.0579. The number of hydrogen-bond acceptors (Lipinski definition) is 3. The van der Waals surface area contributed by atoms with Crippen molar-refractivity contribution in [3.05, 3.63) is 87.7 Å². The van der Waals surface area contributed by atoms with Gasteiger partial charge in [-0.3, -0.25) is 4.99 Å². The van der Waals surface area contributed by atoms with Gasteiger partial charge in [-0.15, -0.1) is 0 Å². The van der Waals surface area contributed by atoms with Crippen molar-refractivity contribution >= 4 is 23.5 Å². The zero-order chi connectivity index (χ0) is 20.8. The van der Waals surface area contributed by atoms with Crippen molar-refractivity contribution in [1.29, 1.82) is 0 Å². The van der Waals surface area contributed by atoms with E-state index in [1.165, 1.54) is 11.6 Å². The highest BCUT2D eigenvalue weighted by molar-refractivity contribution is 6.32. The van der Waals surface area contributed by atoms with Gasteiger partial charge in [-0.1, -0.05) is 41.9 Å². The largest absolute Gasteiger partial charge is 0.490 e. The molecule has 0 atom stereocenters. The van der Waals surface area contributed by atoms with Crippen LogP contribution in [0.2, 0.25) is 5.02 Å². The van der Waals surface area contributed by atoms with Crippen molar-refractivity contribution < 1.29 is 13.9 Å². The summed E-state index contributed by atoms with van der Waals surface area (Å²) in [4.78, 5) is 4.58. The average Bonchev–Trinajstić information content (AvgIpc) is 2.70. The van der Waals surface area contributed by atoms with E-state index in [-0.39, 0.29) is 12.4 Å². The highest BCUT2D eigenvalue weighted by atomic mass is 35.5. The number of ether oxygens (including phenoxy) is 2. The first-order chi connectivity index (χ1) is 14.0. The van der Waals surface area contributed by atoms with Gasteiger partial charge in [-0.25, -0.2) is 4.39 Å². The normalized spacial score (nSPS) is 11.1. The molecule has 0 N–H and O–H groups in total. The zero-order valence-electron chi connectivity index (χ0n) is 16.7. The van der Waals surface area contributed by atoms with Crippen molar-refractivity contribution in [3.8, 4) is 11.5 Å². The third-order valence-electron chi connectivity index (χ3n) is 4.59. The number of aliphatic imine (C=N–C) groups is 1. The van der Waals surface area contributed by atoms with E-state index in [1.807, 2.05) is 32.0 Å². The molecule has 0 radical (unpaired) electrons. The summed E-state index contributed by atoms with van der Waals surface area (Å²) in [6.45, 7) is 6.48. The molecular formula is C24H23ClFNO2. The summed E-state index contributed by atoms with van der Waals surface area (Å²) >= 11 is 6.45. The summed E-state index contributed by atoms with van der Waals surface area (Å²) in [5, 5.41) is 0.384. The average molecular weight is 412 g/mol. The maximum atomic E-state index is 13.9. The second-order valence-electron chi connectivity index (χ2n) is 6.62. The van der Waals surface area contributed by atoms with Crippen LogP contribution in [0.25, 0.3) is 0 Å². The first kappa shape index (κ1) is 20.9. The maximum Gasteiger partial charge on any atom is 0.180 e. The van der Waals surface area contributed by atoms with E-state index in [9.17, 15) is 4.39 Å². The summed E-state index contributed by atoms with van der Waals surface area (Å²) < 4.78 is 25.4. The highest BCUT2D eigenvalue weighted by Crippen LogP contribution is 2.37. The van der Waals surface area contributed by atoms with E-state index < -0.39 is 0 Å². The Kier molecular flexibility index (Phi) is 6.89. The minimum atomic E-state index is -0.320. The van der Waals surface area contributed by atoms with Crippen molar-refractivity contribution in [2.24, 2.45) is 4.99 Å². The third kappa shape index (κ3) is 5.15. The lowest BCUT2D eigenvalue weighted by molar-refractivity contribution is 0.266. The molecule has 5 heteroatoms. The van der Waals surface area contributed by atoms with Gasteiger partial charge in [0.2, 0.25) is 0 Å². The lowest BCUT2D eigenvalue weighted by Gasteiger charge is -2.15. The van der Waals surface area contributed by atoms with Crippen LogP contribution in [0, 0.1) is 19.7 Å². The molecule has 0 saturated carbocycles. The fourth-order valence-corrected chi connectivity index (χ4v) is 3.12. The SMILES string of the molecule is CCOc1cc(C=Nc2cccc(C)c2C)cc(Cl)c1OCc1ccccc1F. The van der Waals surface area contributed by atoms with Gasteiger partial charge in [-0.2, -0.15) is 0 Å². The monoisotopic (exact) mass is 411 g/mol. The van der Waals surface area contributed by atoms with Gasteiger partial charge in [-0.05, 0) is 61.7 Å². The highest BCUT2D eigenvalue weighted by Gasteiger charge is 2.13. The van der Waals surface area contributed by atoms with Crippen LogP contribution in [0.4, 0.5) is 10.1 Å². The fourth-order valence-electron chi connectivity index (χ4n) is 2.85. The van der Waals surface area contributed by atoms with Crippen LogP contribution in [0.3, 0.4) is 0 Å². The van der Waals surface area contributed by atoms with Crippen LogP contribution < -0.4 is 9.47 Å². The van der Waals surface area contributed by atoms with E-state index in [4.69, 9.17) is 21.1 Å². The fraction of sp³-hybridized carbons (Fsp3) is 0.208. The van der Waals surface area contributed by atoms with Gasteiger partial charge >= 0.3 is 0 Å². The van der Waals surface area contributed by atoms with Crippen molar-refractivity contribution in [2.75, 3.05) is 6.61 Å². The number of rotatable bonds is 7. The summed E-state index contributed by atoms with van der Waals surface area (Å²) in [6.07, 6.45) is 1.75. The lowest BCUT2D eigenvalue weighted by atomic mass is 10.1. The number of aryl methyl sites for hydroxylation is 1. The number of benzene rings is 3. The van der Waals surface area contributed by atoms with Gasteiger partial charge < -0.3 is 9.47 Å². The molecule has 0 fully saturated rings. The van der Waals surface area contributed by atoms with Gasteiger partial charge in [0.25, 0.3) is 0 Å². The Labute approximate surface area is 175 Å². The van der Waals surface area contributed by atoms with Crippen LogP contribution in [0.5, 0.6) is 11.5 Å². The van der Waals surface area contributed by atoms with E-state index in [0.29, 0.717) is 28.7 Å². The topological polar surface area (TPSA) is 30.8 Å². The number of halogens is 2. The van der Waals surface area contributed by atoms with Crippen molar-refractivity contribution in [3.63, 3.8) is 0 Å². The minimum Gasteiger partial charge on any atom is -0.490 e. The molecule has 3 aromatic carbocycles. The summed E-state index contributed by atoms with van der Waals surface area (Å²) in [5.41, 5.74) is 4.46. The number of hydrogen-bond donors (Lipinski definition) is 0. The van der Waals surface area contributed by atoms with E-state index in [2.05, 4.69) is 18.0 Å². The molecule has 0 heterocycles. The molecule has 0 amide bonds. The zero-order valence-corrected chi connectivity index (χ0v) is 17.5. The van der Waals surface area contributed by atoms with Gasteiger partial charge in [0.05, 0.1) is 17.3 Å². The molecule has 0 bridgehead atoms. The molecular weight excluding hydrogens is 389 g/mol. The van der Waals surface area contributed by atoms with E-state index >= 15 is 0 Å². The molecule has 0 aromatic heterocycles. The second-order valence-corrected chi connectivity index (χ2v) is 7.03. The Bertz CT molecular complexity index is 1030. The van der Waals surface area contributed by atoms with E-state index in [1.54, 1.807) is 30.5 Å². The van der Waals surface area contributed by atoms with Crippen LogP contribution >= 0.6 is 11.6 Å². The summed E-state index contributed by atoms with van der Waals surface area (Å²) in [5.74, 6) is 0.568. The van der Waals surface area contributed by atoms with Gasteiger partial charge in [0.15, 0.2) is 11.5 Å². The molecule has 0 saturated heterocycles. The molecule has 0 spiro atoms. The standard InChI is InChI=1S/C24H23ClFNO2/c1-4-28-23-13-18(14-27-22-11-7-8-16(2)17(22)3)12-20(25)24(23)29-15-19-9-5-6-10-21(19)26/h5-14H,4,15H2,1-3H3. The summed E-state index contributed by atoms with van der Waals surface area (Å²) in [7, 11) is 0. The quantitative estimate of drug-likeness (QED) is 0.399. The Hall–Kier alpha value is -2.85.